The number of hydrogen-bond acceptors (Lipinski definition) is 7. The van der Waals surface area contributed by atoms with Crippen LogP contribution in [0.2, 0.25) is 0 Å². The van der Waals surface area contributed by atoms with Crippen molar-refractivity contribution in [2.45, 2.75) is 33.4 Å². The molecule has 0 saturated carbocycles. The average molecular weight is 487 g/mol. The largest absolute Gasteiger partial charge is 0.436 e. The molecule has 0 saturated heterocycles. The van der Waals surface area contributed by atoms with Gasteiger partial charge >= 0.3 is 11.4 Å². The van der Waals surface area contributed by atoms with Gasteiger partial charge in [-0.25, -0.2) is 23.5 Å². The van der Waals surface area contributed by atoms with Crippen molar-refractivity contribution in [2.75, 3.05) is 5.32 Å². The van der Waals surface area contributed by atoms with Crippen LogP contribution >= 0.6 is 0 Å². The molecule has 182 valence electrons. The molecule has 4 rings (SSSR count). The zero-order valence-corrected chi connectivity index (χ0v) is 19.9. The monoisotopic (exact) mass is 486 g/mol. The summed E-state index contributed by atoms with van der Waals surface area (Å²) in [5.41, 5.74) is 1.30. The Labute approximate surface area is 206 Å². The maximum Gasteiger partial charge on any atom is 0.355 e. The normalized spacial score (nSPS) is 10.8. The number of benzene rings is 2. The van der Waals surface area contributed by atoms with E-state index in [1.807, 2.05) is 37.3 Å². The van der Waals surface area contributed by atoms with E-state index in [4.69, 9.17) is 10.00 Å². The number of rotatable bonds is 7. The van der Waals surface area contributed by atoms with E-state index < -0.39 is 17.2 Å². The molecule has 0 radical (unpaired) electrons. The summed E-state index contributed by atoms with van der Waals surface area (Å²) in [4.78, 5) is 33.8. The van der Waals surface area contributed by atoms with E-state index in [2.05, 4.69) is 15.3 Å². The van der Waals surface area contributed by atoms with E-state index in [1.54, 1.807) is 13.8 Å². The first-order chi connectivity index (χ1) is 17.2. The second-order valence-corrected chi connectivity index (χ2v) is 8.41. The Hall–Kier alpha value is -4.78. The minimum atomic E-state index is -0.704. The molecule has 2 heterocycles. The van der Waals surface area contributed by atoms with Gasteiger partial charge in [-0.3, -0.25) is 4.57 Å². The summed E-state index contributed by atoms with van der Waals surface area (Å²) in [5.74, 6) is -0.670. The van der Waals surface area contributed by atoms with Crippen LogP contribution in [0.1, 0.15) is 36.6 Å². The van der Waals surface area contributed by atoms with Crippen LogP contribution in [0.3, 0.4) is 0 Å². The van der Waals surface area contributed by atoms with E-state index in [1.165, 1.54) is 35.0 Å². The highest BCUT2D eigenvalue weighted by molar-refractivity contribution is 5.55. The SMILES string of the molecule is Cc1ccc(Cn2c(Nc3ccc(Oc4ccc(C#N)cn4)c(F)c3)nc(=O)n(C(C)C)c2=O)cc1. The lowest BCUT2D eigenvalue weighted by Gasteiger charge is -2.17. The molecule has 0 atom stereocenters. The van der Waals surface area contributed by atoms with E-state index in [0.717, 1.165) is 21.8 Å². The van der Waals surface area contributed by atoms with Gasteiger partial charge in [-0.15, -0.1) is 0 Å². The second-order valence-electron chi connectivity index (χ2n) is 8.41. The fraction of sp³-hybridized carbons (Fsp3) is 0.192. The quantitative estimate of drug-likeness (QED) is 0.414. The first kappa shape index (κ1) is 24.3. The van der Waals surface area contributed by atoms with Crippen molar-refractivity contribution in [2.24, 2.45) is 0 Å². The molecule has 4 aromatic rings. The molecule has 0 amide bonds. The Morgan fingerprint density at radius 2 is 1.86 bits per heavy atom. The Morgan fingerprint density at radius 1 is 1.11 bits per heavy atom. The third-order valence-corrected chi connectivity index (χ3v) is 5.35. The number of nitrogens with zero attached hydrogens (tertiary/aromatic N) is 5. The van der Waals surface area contributed by atoms with Crippen LogP contribution in [-0.2, 0) is 6.54 Å². The highest BCUT2D eigenvalue weighted by Gasteiger charge is 2.17. The maximum absolute atomic E-state index is 14.8. The summed E-state index contributed by atoms with van der Waals surface area (Å²) in [6.07, 6.45) is 1.32. The van der Waals surface area contributed by atoms with E-state index in [9.17, 15) is 14.0 Å². The fourth-order valence-corrected chi connectivity index (χ4v) is 3.47. The Kier molecular flexibility index (Phi) is 6.92. The lowest BCUT2D eigenvalue weighted by Crippen LogP contribution is -2.43. The summed E-state index contributed by atoms with van der Waals surface area (Å²) in [7, 11) is 0. The first-order valence-corrected chi connectivity index (χ1v) is 11.1. The predicted octanol–water partition coefficient (Wildman–Crippen LogP) is 4.28. The van der Waals surface area contributed by atoms with Crippen molar-refractivity contribution in [3.05, 3.63) is 104 Å². The first-order valence-electron chi connectivity index (χ1n) is 11.1. The smallest absolute Gasteiger partial charge is 0.355 e. The second kappa shape index (κ2) is 10.2. The molecule has 0 aliphatic heterocycles. The number of ether oxygens (including phenoxy) is 1. The number of nitriles is 1. The zero-order chi connectivity index (χ0) is 25.8. The van der Waals surface area contributed by atoms with Gasteiger partial charge < -0.3 is 10.1 Å². The van der Waals surface area contributed by atoms with Crippen LogP contribution in [0.4, 0.5) is 16.0 Å². The van der Waals surface area contributed by atoms with Crippen molar-refractivity contribution in [3.63, 3.8) is 0 Å². The van der Waals surface area contributed by atoms with Crippen molar-refractivity contribution in [1.29, 1.82) is 5.26 Å². The molecule has 36 heavy (non-hydrogen) atoms. The van der Waals surface area contributed by atoms with Gasteiger partial charge in [-0.1, -0.05) is 29.8 Å². The number of halogens is 1. The summed E-state index contributed by atoms with van der Waals surface area (Å²) in [6.45, 7) is 5.58. The van der Waals surface area contributed by atoms with Gasteiger partial charge in [0.25, 0.3) is 0 Å². The van der Waals surface area contributed by atoms with Crippen LogP contribution < -0.4 is 21.4 Å². The summed E-state index contributed by atoms with van der Waals surface area (Å²) >= 11 is 0. The Morgan fingerprint density at radius 3 is 2.47 bits per heavy atom. The van der Waals surface area contributed by atoms with Crippen LogP contribution in [0.15, 0.2) is 70.4 Å². The summed E-state index contributed by atoms with van der Waals surface area (Å²) in [6, 6.07) is 16.2. The summed E-state index contributed by atoms with van der Waals surface area (Å²) < 4.78 is 22.7. The van der Waals surface area contributed by atoms with Crippen LogP contribution in [-0.4, -0.2) is 19.1 Å². The van der Waals surface area contributed by atoms with Gasteiger partial charge in [-0.2, -0.15) is 10.2 Å². The fourth-order valence-electron chi connectivity index (χ4n) is 3.47. The number of hydrogen-bond donors (Lipinski definition) is 1. The molecule has 0 unspecified atom stereocenters. The minimum absolute atomic E-state index is 0.00991. The standard InChI is InChI=1S/C26H23FN6O3/c1-16(2)33-25(34)31-24(32(26(33)35)15-18-6-4-17(3)5-7-18)30-20-9-10-22(21(27)12-20)36-23-11-8-19(13-28)14-29-23/h4-12,14,16H,15H2,1-3H3,(H,30,31,34). The number of aryl methyl sites for hydroxylation is 1. The van der Waals surface area contributed by atoms with Crippen molar-refractivity contribution >= 4 is 11.6 Å². The third kappa shape index (κ3) is 5.31. The van der Waals surface area contributed by atoms with E-state index in [0.29, 0.717) is 5.56 Å². The molecule has 10 heteroatoms. The molecule has 0 spiro atoms. The molecule has 2 aromatic heterocycles. The van der Waals surface area contributed by atoms with Gasteiger partial charge in [0.05, 0.1) is 12.1 Å². The summed E-state index contributed by atoms with van der Waals surface area (Å²) in [5, 5.41) is 11.7. The topological polar surface area (TPSA) is 115 Å². The molecule has 2 aromatic carbocycles. The lowest BCUT2D eigenvalue weighted by molar-refractivity contribution is 0.427. The molecular weight excluding hydrogens is 463 g/mol. The van der Waals surface area contributed by atoms with E-state index in [-0.39, 0.29) is 35.9 Å². The van der Waals surface area contributed by atoms with Gasteiger partial charge in [-0.05, 0) is 44.5 Å². The highest BCUT2D eigenvalue weighted by atomic mass is 19.1. The van der Waals surface area contributed by atoms with Crippen LogP contribution in [0, 0.1) is 24.1 Å². The van der Waals surface area contributed by atoms with Gasteiger partial charge in [0, 0.05) is 30.1 Å². The van der Waals surface area contributed by atoms with Gasteiger partial charge in [0.2, 0.25) is 11.8 Å². The minimum Gasteiger partial charge on any atom is -0.436 e. The molecule has 0 fully saturated rings. The molecule has 9 nitrogen and oxygen atoms in total. The average Bonchev–Trinajstić information content (AvgIpc) is 2.84. The van der Waals surface area contributed by atoms with E-state index >= 15 is 0 Å². The van der Waals surface area contributed by atoms with Crippen molar-refractivity contribution in [1.82, 2.24) is 19.1 Å². The Bertz CT molecular complexity index is 1550. The maximum atomic E-state index is 14.8. The highest BCUT2D eigenvalue weighted by Crippen LogP contribution is 2.27. The van der Waals surface area contributed by atoms with Gasteiger partial charge in [0.1, 0.15) is 6.07 Å². The lowest BCUT2D eigenvalue weighted by atomic mass is 10.1. The molecule has 0 bridgehead atoms. The number of aromatic nitrogens is 4. The number of anilines is 2. The Balaban J connectivity index is 1.66. The molecule has 0 aliphatic carbocycles. The van der Waals surface area contributed by atoms with Crippen LogP contribution in [0.25, 0.3) is 0 Å². The number of nitrogens with one attached hydrogen (secondary N) is 1. The molecular formula is C26H23FN6O3. The molecule has 0 aliphatic rings. The van der Waals surface area contributed by atoms with Crippen LogP contribution in [0.5, 0.6) is 11.6 Å². The van der Waals surface area contributed by atoms with Crippen molar-refractivity contribution < 1.29 is 9.13 Å². The number of pyridine rings is 1. The van der Waals surface area contributed by atoms with Gasteiger partial charge in [0.15, 0.2) is 11.6 Å². The van der Waals surface area contributed by atoms with Crippen molar-refractivity contribution in [3.8, 4) is 17.7 Å². The predicted molar refractivity (Wildman–Crippen MR) is 132 cm³/mol. The zero-order valence-electron chi connectivity index (χ0n) is 19.9. The molecule has 1 N–H and O–H groups in total. The third-order valence-electron chi connectivity index (χ3n) is 5.35.